The maximum Gasteiger partial charge on any atom is 0.573 e. The third-order valence-electron chi connectivity index (χ3n) is 2.43. The number of morpholine rings is 1. The molecular weight excluding hydrogens is 287 g/mol. The van der Waals surface area contributed by atoms with Gasteiger partial charge in [-0.15, -0.1) is 13.2 Å². The zero-order chi connectivity index (χ0) is 14.0. The normalized spacial score (nSPS) is 16.6. The molecule has 1 aromatic carbocycles. The summed E-state index contributed by atoms with van der Waals surface area (Å²) in [6.07, 6.45) is -4.78. The Morgan fingerprint density at radius 3 is 2.68 bits per heavy atom. The topological polar surface area (TPSA) is 38.8 Å². The second-order valence-electron chi connectivity index (χ2n) is 3.76. The number of hydrogen-bond donors (Lipinski definition) is 0. The Morgan fingerprint density at radius 1 is 1.37 bits per heavy atom. The molecule has 1 aliphatic rings. The molecule has 1 amide bonds. The van der Waals surface area contributed by atoms with Crippen LogP contribution in [0.15, 0.2) is 18.2 Å². The molecule has 0 aromatic heterocycles. The predicted octanol–water partition coefficient (Wildman–Crippen LogP) is 2.60. The van der Waals surface area contributed by atoms with Crippen LogP contribution in [0.25, 0.3) is 0 Å². The smallest absolute Gasteiger partial charge is 0.406 e. The summed E-state index contributed by atoms with van der Waals surface area (Å²) in [4.78, 5) is 13.0. The van der Waals surface area contributed by atoms with Gasteiger partial charge in [-0.1, -0.05) is 11.6 Å². The number of halogens is 4. The van der Waals surface area contributed by atoms with Gasteiger partial charge < -0.3 is 14.4 Å². The van der Waals surface area contributed by atoms with E-state index in [1.54, 1.807) is 0 Å². The van der Waals surface area contributed by atoms with Crippen molar-refractivity contribution in [3.63, 3.8) is 0 Å². The molecule has 19 heavy (non-hydrogen) atoms. The van der Waals surface area contributed by atoms with Gasteiger partial charge in [0.15, 0.2) is 0 Å². The molecule has 1 heterocycles. The van der Waals surface area contributed by atoms with Crippen molar-refractivity contribution >= 4 is 23.2 Å². The lowest BCUT2D eigenvalue weighted by Crippen LogP contribution is -2.41. The van der Waals surface area contributed by atoms with Crippen molar-refractivity contribution in [1.82, 2.24) is 0 Å². The number of amides is 1. The van der Waals surface area contributed by atoms with Crippen LogP contribution in [-0.2, 0) is 9.53 Å². The second kappa shape index (κ2) is 5.26. The maximum absolute atomic E-state index is 12.0. The number of ether oxygens (including phenoxy) is 2. The number of carbonyl (C=O) groups excluding carboxylic acids is 1. The van der Waals surface area contributed by atoms with Gasteiger partial charge in [-0.2, -0.15) is 0 Å². The van der Waals surface area contributed by atoms with Gasteiger partial charge in [-0.3, -0.25) is 4.79 Å². The van der Waals surface area contributed by atoms with Gasteiger partial charge in [-0.25, -0.2) is 0 Å². The Kier molecular flexibility index (Phi) is 3.86. The summed E-state index contributed by atoms with van der Waals surface area (Å²) in [5.74, 6) is -0.723. The summed E-state index contributed by atoms with van der Waals surface area (Å²) >= 11 is 5.87. The largest absolute Gasteiger partial charge is 0.573 e. The van der Waals surface area contributed by atoms with E-state index in [-0.39, 0.29) is 17.5 Å². The molecule has 0 unspecified atom stereocenters. The van der Waals surface area contributed by atoms with Crippen molar-refractivity contribution in [2.45, 2.75) is 6.36 Å². The molecule has 2 rings (SSSR count). The molecule has 1 aromatic rings. The van der Waals surface area contributed by atoms with Crippen LogP contribution in [0.4, 0.5) is 18.9 Å². The molecular formula is C11H9ClF3NO3. The quantitative estimate of drug-likeness (QED) is 0.842. The van der Waals surface area contributed by atoms with Crippen molar-refractivity contribution in [3.8, 4) is 5.75 Å². The van der Waals surface area contributed by atoms with Gasteiger partial charge in [0, 0.05) is 12.6 Å². The van der Waals surface area contributed by atoms with Crippen molar-refractivity contribution in [2.75, 3.05) is 24.7 Å². The summed E-state index contributed by atoms with van der Waals surface area (Å²) in [6.45, 7) is 0.581. The number of anilines is 1. The highest BCUT2D eigenvalue weighted by Crippen LogP contribution is 2.32. The maximum atomic E-state index is 12.0. The summed E-state index contributed by atoms with van der Waals surface area (Å²) in [7, 11) is 0. The molecule has 0 radical (unpaired) electrons. The van der Waals surface area contributed by atoms with Crippen LogP contribution in [0.3, 0.4) is 0 Å². The first-order valence-corrected chi connectivity index (χ1v) is 5.68. The highest BCUT2D eigenvalue weighted by atomic mass is 35.5. The van der Waals surface area contributed by atoms with E-state index in [9.17, 15) is 18.0 Å². The zero-order valence-corrected chi connectivity index (χ0v) is 10.3. The highest BCUT2D eigenvalue weighted by Gasteiger charge is 2.31. The van der Waals surface area contributed by atoms with Crippen LogP contribution in [0.2, 0.25) is 5.02 Å². The minimum absolute atomic E-state index is 0.0111. The Labute approximate surface area is 111 Å². The number of alkyl halides is 3. The number of carbonyl (C=O) groups is 1. The summed E-state index contributed by atoms with van der Waals surface area (Å²) in [6, 6.07) is 3.44. The molecule has 1 fully saturated rings. The molecule has 0 N–H and O–H groups in total. The first kappa shape index (κ1) is 14.0. The molecule has 1 aliphatic heterocycles. The Balaban J connectivity index is 2.21. The van der Waals surface area contributed by atoms with Crippen LogP contribution in [0.5, 0.6) is 5.75 Å². The fraction of sp³-hybridized carbons (Fsp3) is 0.364. The Morgan fingerprint density at radius 2 is 2.11 bits per heavy atom. The zero-order valence-electron chi connectivity index (χ0n) is 9.54. The minimum Gasteiger partial charge on any atom is -0.406 e. The summed E-state index contributed by atoms with van der Waals surface area (Å²) in [5.41, 5.74) is 0.337. The standard InChI is InChI=1S/C11H9ClF3NO3/c12-8-5-7(19-11(13,14)15)1-2-9(8)16-3-4-18-6-10(16)17/h1-2,5H,3-4,6H2. The molecule has 0 aliphatic carbocycles. The van der Waals surface area contributed by atoms with Gasteiger partial charge in [0.1, 0.15) is 12.4 Å². The Hall–Kier alpha value is -1.47. The van der Waals surface area contributed by atoms with Crippen molar-refractivity contribution in [1.29, 1.82) is 0 Å². The molecule has 8 heteroatoms. The fourth-order valence-electron chi connectivity index (χ4n) is 1.68. The molecule has 0 atom stereocenters. The van der Waals surface area contributed by atoms with Crippen LogP contribution in [0.1, 0.15) is 0 Å². The fourth-order valence-corrected chi connectivity index (χ4v) is 1.95. The molecule has 1 saturated heterocycles. The van der Waals surface area contributed by atoms with Gasteiger partial charge >= 0.3 is 6.36 Å². The predicted molar refractivity (Wildman–Crippen MR) is 61.3 cm³/mol. The summed E-state index contributed by atoms with van der Waals surface area (Å²) < 4.78 is 44.8. The lowest BCUT2D eigenvalue weighted by atomic mass is 10.2. The van der Waals surface area contributed by atoms with E-state index < -0.39 is 12.1 Å². The van der Waals surface area contributed by atoms with Gasteiger partial charge in [0.25, 0.3) is 5.91 Å². The first-order valence-electron chi connectivity index (χ1n) is 5.30. The Bertz CT molecular complexity index is 493. The minimum atomic E-state index is -4.78. The van der Waals surface area contributed by atoms with Crippen LogP contribution in [-0.4, -0.2) is 32.0 Å². The SMILES string of the molecule is O=C1COCCN1c1ccc(OC(F)(F)F)cc1Cl. The van der Waals surface area contributed by atoms with Crippen molar-refractivity contribution < 1.29 is 27.4 Å². The van der Waals surface area contributed by atoms with Crippen LogP contribution < -0.4 is 9.64 Å². The molecule has 0 bridgehead atoms. The number of nitrogens with zero attached hydrogens (tertiary/aromatic N) is 1. The van der Waals surface area contributed by atoms with E-state index in [1.165, 1.54) is 11.0 Å². The first-order chi connectivity index (χ1) is 8.87. The van der Waals surface area contributed by atoms with Gasteiger partial charge in [0.05, 0.1) is 17.3 Å². The average molecular weight is 296 g/mol. The summed E-state index contributed by atoms with van der Waals surface area (Å²) in [5, 5.41) is 0.0111. The van der Waals surface area contributed by atoms with E-state index in [1.807, 2.05) is 0 Å². The van der Waals surface area contributed by atoms with Gasteiger partial charge in [0.2, 0.25) is 0 Å². The lowest BCUT2D eigenvalue weighted by molar-refractivity contribution is -0.274. The number of hydrogen-bond acceptors (Lipinski definition) is 3. The molecule has 4 nitrogen and oxygen atoms in total. The monoisotopic (exact) mass is 295 g/mol. The molecule has 104 valence electrons. The molecule has 0 spiro atoms. The second-order valence-corrected chi connectivity index (χ2v) is 4.17. The van der Waals surface area contributed by atoms with Gasteiger partial charge in [-0.05, 0) is 12.1 Å². The molecule has 0 saturated carbocycles. The van der Waals surface area contributed by atoms with E-state index in [0.29, 0.717) is 18.8 Å². The number of rotatable bonds is 2. The third-order valence-corrected chi connectivity index (χ3v) is 2.73. The van der Waals surface area contributed by atoms with E-state index in [4.69, 9.17) is 16.3 Å². The van der Waals surface area contributed by atoms with E-state index in [2.05, 4.69) is 4.74 Å². The highest BCUT2D eigenvalue weighted by molar-refractivity contribution is 6.34. The third kappa shape index (κ3) is 3.51. The average Bonchev–Trinajstić information content (AvgIpc) is 2.28. The van der Waals surface area contributed by atoms with E-state index in [0.717, 1.165) is 12.1 Å². The number of benzene rings is 1. The van der Waals surface area contributed by atoms with Crippen molar-refractivity contribution in [3.05, 3.63) is 23.2 Å². The van der Waals surface area contributed by atoms with Crippen LogP contribution in [0, 0.1) is 0 Å². The van der Waals surface area contributed by atoms with Crippen LogP contribution >= 0.6 is 11.6 Å². The lowest BCUT2D eigenvalue weighted by Gasteiger charge is -2.27. The van der Waals surface area contributed by atoms with Crippen molar-refractivity contribution in [2.24, 2.45) is 0 Å². The van der Waals surface area contributed by atoms with E-state index >= 15 is 0 Å².